The molecule has 0 saturated heterocycles. The van der Waals surface area contributed by atoms with E-state index in [2.05, 4.69) is 0 Å². The number of esters is 1. The van der Waals surface area contributed by atoms with Crippen molar-refractivity contribution in [1.29, 1.82) is 0 Å². The molecule has 0 aliphatic carbocycles. The second-order valence-corrected chi connectivity index (χ2v) is 3.39. The van der Waals surface area contributed by atoms with Gasteiger partial charge in [-0.05, 0) is 12.1 Å². The number of aliphatic hydroxyl groups excluding tert-OH is 1. The van der Waals surface area contributed by atoms with Gasteiger partial charge in [-0.25, -0.2) is 4.79 Å². The number of ether oxygens (including phenoxy) is 1. The maximum Gasteiger partial charge on any atom is 0.340 e. The van der Waals surface area contributed by atoms with Crippen LogP contribution in [-0.2, 0) is 4.74 Å². The fourth-order valence-electron chi connectivity index (χ4n) is 1.20. The van der Waals surface area contributed by atoms with Crippen LogP contribution >= 0.6 is 0 Å². The van der Waals surface area contributed by atoms with Gasteiger partial charge in [-0.1, -0.05) is 25.5 Å². The summed E-state index contributed by atoms with van der Waals surface area (Å²) in [5.41, 5.74) is 0.811. The lowest BCUT2D eigenvalue weighted by Crippen LogP contribution is -2.17. The van der Waals surface area contributed by atoms with E-state index in [1.165, 1.54) is 24.3 Å². The second-order valence-electron chi connectivity index (χ2n) is 3.39. The molecule has 1 unspecified atom stereocenters. The molecule has 4 nitrogen and oxygen atoms in total. The highest BCUT2D eigenvalue weighted by molar-refractivity contribution is 5.90. The maximum absolute atomic E-state index is 11.5. The van der Waals surface area contributed by atoms with Gasteiger partial charge in [-0.15, -0.1) is 0 Å². The van der Waals surface area contributed by atoms with Crippen molar-refractivity contribution < 1.29 is 19.4 Å². The van der Waals surface area contributed by atoms with Crippen LogP contribution in [0, 0.1) is 0 Å². The number of hydrogen-bond acceptors (Lipinski definition) is 4. The van der Waals surface area contributed by atoms with E-state index < -0.39 is 12.3 Å². The third kappa shape index (κ3) is 3.47. The summed E-state index contributed by atoms with van der Waals surface area (Å²) in [6.07, 6.45) is 0.779. The summed E-state index contributed by atoms with van der Waals surface area (Å²) in [5, 5.41) is 9.28. The van der Waals surface area contributed by atoms with Gasteiger partial charge in [0.15, 0.2) is 0 Å². The smallest absolute Gasteiger partial charge is 0.340 e. The number of aliphatic hydroxyl groups is 1. The molecule has 0 heterocycles. The molecule has 1 N–H and O–H groups in total. The molecule has 0 bridgehead atoms. The van der Waals surface area contributed by atoms with Crippen molar-refractivity contribution >= 4 is 12.3 Å². The van der Waals surface area contributed by atoms with Gasteiger partial charge in [0.2, 0.25) is 6.29 Å². The number of benzene rings is 1. The second kappa shape index (κ2) is 6.02. The summed E-state index contributed by atoms with van der Waals surface area (Å²) < 4.78 is 4.78. The Labute approximate surface area is 93.9 Å². The van der Waals surface area contributed by atoms with E-state index in [-0.39, 0.29) is 0 Å². The zero-order chi connectivity index (χ0) is 12.0. The standard InChI is InChI=1S/C12H14O4/c1-2-3-11(14)16-12(15)10-6-4-9(8-13)5-7-10/h4-8,11,14H,2-3H2,1H3. The van der Waals surface area contributed by atoms with Gasteiger partial charge in [0.05, 0.1) is 5.56 Å². The Morgan fingerprint density at radius 1 is 1.44 bits per heavy atom. The van der Waals surface area contributed by atoms with E-state index in [9.17, 15) is 14.7 Å². The fourth-order valence-corrected chi connectivity index (χ4v) is 1.20. The van der Waals surface area contributed by atoms with Gasteiger partial charge in [-0.2, -0.15) is 0 Å². The van der Waals surface area contributed by atoms with Crippen LogP contribution in [0.1, 0.15) is 40.5 Å². The van der Waals surface area contributed by atoms with E-state index in [4.69, 9.17) is 4.74 Å². The fraction of sp³-hybridized carbons (Fsp3) is 0.333. The van der Waals surface area contributed by atoms with Crippen LogP contribution in [0.5, 0.6) is 0 Å². The predicted octanol–water partition coefficient (Wildman–Crippen LogP) is 1.77. The number of carbonyl (C=O) groups is 2. The molecule has 1 atom stereocenters. The average Bonchev–Trinajstić information content (AvgIpc) is 2.29. The van der Waals surface area contributed by atoms with Crippen LogP contribution in [0.4, 0.5) is 0 Å². The first kappa shape index (κ1) is 12.4. The van der Waals surface area contributed by atoms with Crippen LogP contribution in [0.15, 0.2) is 24.3 Å². The summed E-state index contributed by atoms with van der Waals surface area (Å²) in [6, 6.07) is 6.03. The highest BCUT2D eigenvalue weighted by Crippen LogP contribution is 2.07. The lowest BCUT2D eigenvalue weighted by molar-refractivity contribution is -0.0685. The van der Waals surface area contributed by atoms with Crippen LogP contribution < -0.4 is 0 Å². The van der Waals surface area contributed by atoms with Crippen LogP contribution in [0.2, 0.25) is 0 Å². The molecule has 0 amide bonds. The lowest BCUT2D eigenvalue weighted by Gasteiger charge is -2.10. The van der Waals surface area contributed by atoms with E-state index in [1.807, 2.05) is 6.92 Å². The van der Waals surface area contributed by atoms with Crippen LogP contribution in [0.25, 0.3) is 0 Å². The highest BCUT2D eigenvalue weighted by Gasteiger charge is 2.12. The summed E-state index contributed by atoms with van der Waals surface area (Å²) in [4.78, 5) is 21.9. The molecular formula is C12H14O4. The van der Waals surface area contributed by atoms with Crippen molar-refractivity contribution in [3.05, 3.63) is 35.4 Å². The zero-order valence-corrected chi connectivity index (χ0v) is 9.05. The zero-order valence-electron chi connectivity index (χ0n) is 9.05. The molecule has 0 saturated carbocycles. The van der Waals surface area contributed by atoms with Gasteiger partial charge >= 0.3 is 5.97 Å². The van der Waals surface area contributed by atoms with E-state index in [0.717, 1.165) is 6.42 Å². The predicted molar refractivity (Wildman–Crippen MR) is 58.2 cm³/mol. The van der Waals surface area contributed by atoms with Crippen molar-refractivity contribution in [2.75, 3.05) is 0 Å². The molecule has 1 aromatic rings. The molecule has 0 fully saturated rings. The molecule has 4 heteroatoms. The third-order valence-electron chi connectivity index (χ3n) is 2.06. The highest BCUT2D eigenvalue weighted by atomic mass is 16.6. The molecule has 0 aromatic heterocycles. The largest absolute Gasteiger partial charge is 0.432 e. The lowest BCUT2D eigenvalue weighted by atomic mass is 10.1. The Morgan fingerprint density at radius 3 is 2.56 bits per heavy atom. The normalized spacial score (nSPS) is 11.9. The molecule has 0 aliphatic heterocycles. The minimum atomic E-state index is -1.07. The Morgan fingerprint density at radius 2 is 2.06 bits per heavy atom. The average molecular weight is 222 g/mol. The summed E-state index contributed by atoms with van der Waals surface area (Å²) in [5.74, 6) is -0.585. The molecule has 1 aromatic carbocycles. The number of hydrogen-bond donors (Lipinski definition) is 1. The van der Waals surface area contributed by atoms with Crippen molar-refractivity contribution in [2.24, 2.45) is 0 Å². The first-order valence-electron chi connectivity index (χ1n) is 5.11. The van der Waals surface area contributed by atoms with Crippen molar-refractivity contribution in [1.82, 2.24) is 0 Å². The van der Waals surface area contributed by atoms with Gasteiger partial charge in [0.25, 0.3) is 0 Å². The molecule has 0 spiro atoms. The van der Waals surface area contributed by atoms with Gasteiger partial charge in [0.1, 0.15) is 6.29 Å². The van der Waals surface area contributed by atoms with Crippen LogP contribution in [0.3, 0.4) is 0 Å². The summed E-state index contributed by atoms with van der Waals surface area (Å²) in [6.45, 7) is 1.88. The van der Waals surface area contributed by atoms with Crippen molar-refractivity contribution in [3.8, 4) is 0 Å². The van der Waals surface area contributed by atoms with Crippen LogP contribution in [-0.4, -0.2) is 23.7 Å². The van der Waals surface area contributed by atoms with E-state index in [0.29, 0.717) is 23.8 Å². The summed E-state index contributed by atoms with van der Waals surface area (Å²) in [7, 11) is 0. The van der Waals surface area contributed by atoms with E-state index >= 15 is 0 Å². The number of rotatable bonds is 5. The topological polar surface area (TPSA) is 63.6 Å². The number of carbonyl (C=O) groups excluding carboxylic acids is 2. The SMILES string of the molecule is CCCC(O)OC(=O)c1ccc(C=O)cc1. The first-order valence-corrected chi connectivity index (χ1v) is 5.11. The molecule has 1 rings (SSSR count). The first-order chi connectivity index (χ1) is 7.67. The molecule has 16 heavy (non-hydrogen) atoms. The molecule has 0 aliphatic rings. The quantitative estimate of drug-likeness (QED) is 0.468. The minimum Gasteiger partial charge on any atom is -0.432 e. The molecular weight excluding hydrogens is 208 g/mol. The summed E-state index contributed by atoms with van der Waals surface area (Å²) >= 11 is 0. The van der Waals surface area contributed by atoms with Crippen molar-refractivity contribution in [2.45, 2.75) is 26.1 Å². The number of aldehydes is 1. The molecule has 86 valence electrons. The Hall–Kier alpha value is -1.68. The monoisotopic (exact) mass is 222 g/mol. The van der Waals surface area contributed by atoms with Gasteiger partial charge in [-0.3, -0.25) is 4.79 Å². The van der Waals surface area contributed by atoms with Crippen molar-refractivity contribution in [3.63, 3.8) is 0 Å². The van der Waals surface area contributed by atoms with E-state index in [1.54, 1.807) is 0 Å². The third-order valence-corrected chi connectivity index (χ3v) is 2.06. The van der Waals surface area contributed by atoms with Gasteiger partial charge in [0, 0.05) is 12.0 Å². The maximum atomic E-state index is 11.5. The van der Waals surface area contributed by atoms with Gasteiger partial charge < -0.3 is 9.84 Å². The minimum absolute atomic E-state index is 0.320. The Bertz CT molecular complexity index is 356. The molecule has 0 radical (unpaired) electrons. The Kier molecular flexibility index (Phi) is 4.66. The Balaban J connectivity index is 2.62.